The molecule has 0 unspecified atom stereocenters. The van der Waals surface area contributed by atoms with Gasteiger partial charge in [-0.1, -0.05) is 42.5 Å². The van der Waals surface area contributed by atoms with Crippen LogP contribution in [-0.4, -0.2) is 52.7 Å². The van der Waals surface area contributed by atoms with E-state index in [-0.39, 0.29) is 0 Å². The molecule has 0 aromatic heterocycles. The number of aliphatic imine (C=N–C) groups is 1. The summed E-state index contributed by atoms with van der Waals surface area (Å²) in [5, 5.41) is 6.60. The smallest absolute Gasteiger partial charge is 0.191 e. The molecular weight excluding hydrogens is 384 g/mol. The summed E-state index contributed by atoms with van der Waals surface area (Å²) in [6.07, 6.45) is 2.24. The minimum absolute atomic E-state index is 0.378. The lowest BCUT2D eigenvalue weighted by atomic mass is 10.1. The zero-order chi connectivity index (χ0) is 21.3. The summed E-state index contributed by atoms with van der Waals surface area (Å²) < 4.78 is 23.5. The number of nitrogens with one attached hydrogen (secondary N) is 2. The predicted molar refractivity (Wildman–Crippen MR) is 120 cm³/mol. The number of aryl methyl sites for hydroxylation is 1. The molecule has 2 rings (SSSR count). The number of benzene rings is 2. The number of sulfone groups is 1. The Hall–Kier alpha value is -2.38. The number of guanidine groups is 1. The van der Waals surface area contributed by atoms with Crippen molar-refractivity contribution in [3.05, 3.63) is 65.2 Å². The van der Waals surface area contributed by atoms with Crippen molar-refractivity contribution in [1.82, 2.24) is 15.5 Å². The van der Waals surface area contributed by atoms with Gasteiger partial charge >= 0.3 is 0 Å². The van der Waals surface area contributed by atoms with E-state index in [0.717, 1.165) is 43.1 Å². The largest absolute Gasteiger partial charge is 0.356 e. The molecule has 0 saturated heterocycles. The van der Waals surface area contributed by atoms with Gasteiger partial charge in [0.15, 0.2) is 15.8 Å². The van der Waals surface area contributed by atoms with Crippen LogP contribution in [0.1, 0.15) is 23.1 Å². The molecule has 158 valence electrons. The van der Waals surface area contributed by atoms with Gasteiger partial charge in [0, 0.05) is 32.9 Å². The minimum Gasteiger partial charge on any atom is -0.356 e. The zero-order valence-corrected chi connectivity index (χ0v) is 18.6. The molecule has 2 aromatic carbocycles. The van der Waals surface area contributed by atoms with E-state index < -0.39 is 9.84 Å². The molecule has 7 heteroatoms. The molecule has 0 saturated carbocycles. The zero-order valence-electron chi connectivity index (χ0n) is 17.8. The third-order valence-electron chi connectivity index (χ3n) is 4.63. The topological polar surface area (TPSA) is 73.8 Å². The van der Waals surface area contributed by atoms with Crippen LogP contribution in [0.2, 0.25) is 0 Å². The van der Waals surface area contributed by atoms with Crippen molar-refractivity contribution in [3.8, 4) is 0 Å². The molecule has 0 aliphatic carbocycles. The quantitative estimate of drug-likeness (QED) is 0.373. The van der Waals surface area contributed by atoms with Crippen molar-refractivity contribution in [2.45, 2.75) is 31.3 Å². The van der Waals surface area contributed by atoms with E-state index in [4.69, 9.17) is 0 Å². The minimum atomic E-state index is -3.19. The maximum Gasteiger partial charge on any atom is 0.191 e. The molecule has 0 atom stereocenters. The summed E-state index contributed by atoms with van der Waals surface area (Å²) in [6, 6.07) is 15.9. The SMILES string of the molecule is CN=C(NCCCN(C)Cc1ccccc1)NCc1ccc(S(C)(=O)=O)c(C)c1. The molecular formula is C22H32N4O2S. The Kier molecular flexibility index (Phi) is 8.67. The Balaban J connectivity index is 1.73. The Morgan fingerprint density at radius 3 is 2.41 bits per heavy atom. The maximum absolute atomic E-state index is 11.7. The Morgan fingerprint density at radius 1 is 1.07 bits per heavy atom. The van der Waals surface area contributed by atoms with Gasteiger partial charge in [-0.25, -0.2) is 8.42 Å². The molecule has 0 amide bonds. The van der Waals surface area contributed by atoms with Crippen molar-refractivity contribution in [1.29, 1.82) is 0 Å². The molecule has 0 bridgehead atoms. The number of hydrogen-bond donors (Lipinski definition) is 2. The highest BCUT2D eigenvalue weighted by molar-refractivity contribution is 7.90. The Bertz CT molecular complexity index is 912. The molecule has 29 heavy (non-hydrogen) atoms. The van der Waals surface area contributed by atoms with Crippen molar-refractivity contribution in [3.63, 3.8) is 0 Å². The maximum atomic E-state index is 11.7. The lowest BCUT2D eigenvalue weighted by Crippen LogP contribution is -2.38. The van der Waals surface area contributed by atoms with E-state index in [1.54, 1.807) is 13.1 Å². The molecule has 0 spiro atoms. The second-order valence-corrected chi connectivity index (χ2v) is 9.29. The first-order valence-electron chi connectivity index (χ1n) is 9.76. The molecule has 0 heterocycles. The first kappa shape index (κ1) is 22.9. The van der Waals surface area contributed by atoms with E-state index >= 15 is 0 Å². The molecule has 0 aliphatic heterocycles. The van der Waals surface area contributed by atoms with Crippen molar-refractivity contribution >= 4 is 15.8 Å². The summed E-state index contributed by atoms with van der Waals surface area (Å²) in [4.78, 5) is 6.93. The fraction of sp³-hybridized carbons (Fsp3) is 0.409. The second-order valence-electron chi connectivity index (χ2n) is 7.30. The summed E-state index contributed by atoms with van der Waals surface area (Å²) in [5.41, 5.74) is 3.09. The lowest BCUT2D eigenvalue weighted by Gasteiger charge is -2.17. The van der Waals surface area contributed by atoms with Gasteiger partial charge in [-0.2, -0.15) is 0 Å². The molecule has 2 N–H and O–H groups in total. The third kappa shape index (κ3) is 7.87. The van der Waals surface area contributed by atoms with Gasteiger partial charge in [0.25, 0.3) is 0 Å². The second kappa shape index (κ2) is 11.0. The molecule has 2 aromatic rings. The third-order valence-corrected chi connectivity index (χ3v) is 5.88. The molecule has 0 fully saturated rings. The van der Waals surface area contributed by atoms with Crippen molar-refractivity contribution < 1.29 is 8.42 Å². The number of nitrogens with zero attached hydrogens (tertiary/aromatic N) is 2. The van der Waals surface area contributed by atoms with Gasteiger partial charge in [-0.3, -0.25) is 4.99 Å². The van der Waals surface area contributed by atoms with Crippen LogP contribution in [0.3, 0.4) is 0 Å². The number of hydrogen-bond acceptors (Lipinski definition) is 4. The van der Waals surface area contributed by atoms with Crippen LogP contribution in [-0.2, 0) is 22.9 Å². The fourth-order valence-electron chi connectivity index (χ4n) is 3.17. The Labute approximate surface area is 175 Å². The van der Waals surface area contributed by atoms with Gasteiger partial charge in [-0.05, 0) is 49.7 Å². The van der Waals surface area contributed by atoms with Crippen LogP contribution < -0.4 is 10.6 Å². The van der Waals surface area contributed by atoms with Gasteiger partial charge < -0.3 is 15.5 Å². The van der Waals surface area contributed by atoms with Crippen LogP contribution in [0.15, 0.2) is 58.4 Å². The molecule has 0 radical (unpaired) electrons. The molecule has 0 aliphatic rings. The Morgan fingerprint density at radius 2 is 1.79 bits per heavy atom. The summed E-state index contributed by atoms with van der Waals surface area (Å²) in [7, 11) is 0.684. The summed E-state index contributed by atoms with van der Waals surface area (Å²) >= 11 is 0. The average molecular weight is 417 g/mol. The van der Waals surface area contributed by atoms with Crippen molar-refractivity contribution in [2.24, 2.45) is 4.99 Å². The van der Waals surface area contributed by atoms with Crippen LogP contribution in [0, 0.1) is 6.92 Å². The van der Waals surface area contributed by atoms with Gasteiger partial charge in [0.05, 0.1) is 4.90 Å². The highest BCUT2D eigenvalue weighted by Gasteiger charge is 2.11. The highest BCUT2D eigenvalue weighted by atomic mass is 32.2. The summed E-state index contributed by atoms with van der Waals surface area (Å²) in [5.74, 6) is 0.737. The highest BCUT2D eigenvalue weighted by Crippen LogP contribution is 2.16. The predicted octanol–water partition coefficient (Wildman–Crippen LogP) is 2.59. The fourth-order valence-corrected chi connectivity index (χ4v) is 4.13. The van der Waals surface area contributed by atoms with Gasteiger partial charge in [0.1, 0.15) is 0 Å². The normalized spacial score (nSPS) is 12.2. The summed E-state index contributed by atoms with van der Waals surface area (Å²) in [6.45, 7) is 5.16. The van der Waals surface area contributed by atoms with E-state index in [9.17, 15) is 8.42 Å². The van der Waals surface area contributed by atoms with E-state index in [1.807, 2.05) is 25.1 Å². The average Bonchev–Trinajstić information content (AvgIpc) is 2.67. The van der Waals surface area contributed by atoms with E-state index in [0.29, 0.717) is 11.4 Å². The van der Waals surface area contributed by atoms with E-state index in [1.165, 1.54) is 11.8 Å². The molecule has 6 nitrogen and oxygen atoms in total. The van der Waals surface area contributed by atoms with E-state index in [2.05, 4.69) is 51.8 Å². The van der Waals surface area contributed by atoms with Crippen LogP contribution in [0.4, 0.5) is 0 Å². The standard InChI is InChI=1S/C22H32N4O2S/c1-18-15-20(11-12-21(18)29(4,27)28)16-25-22(23-2)24-13-8-14-26(3)17-19-9-6-5-7-10-19/h5-7,9-12,15H,8,13-14,16-17H2,1-4H3,(H2,23,24,25). The lowest BCUT2D eigenvalue weighted by molar-refractivity contribution is 0.322. The first-order chi connectivity index (χ1) is 13.8. The van der Waals surface area contributed by atoms with Gasteiger partial charge in [0.2, 0.25) is 0 Å². The number of rotatable bonds is 9. The first-order valence-corrected chi connectivity index (χ1v) is 11.7. The van der Waals surface area contributed by atoms with Gasteiger partial charge in [-0.15, -0.1) is 0 Å². The monoisotopic (exact) mass is 416 g/mol. The van der Waals surface area contributed by atoms with Crippen LogP contribution >= 0.6 is 0 Å². The van der Waals surface area contributed by atoms with Crippen LogP contribution in [0.25, 0.3) is 0 Å². The van der Waals surface area contributed by atoms with Crippen molar-refractivity contribution in [2.75, 3.05) is 33.4 Å². The van der Waals surface area contributed by atoms with Crippen LogP contribution in [0.5, 0.6) is 0 Å².